The third-order valence-corrected chi connectivity index (χ3v) is 3.94. The van der Waals surface area contributed by atoms with Gasteiger partial charge < -0.3 is 14.6 Å². The number of aliphatic hydroxyl groups excluding tert-OH is 1. The molecule has 1 aliphatic heterocycles. The van der Waals surface area contributed by atoms with Gasteiger partial charge in [-0.3, -0.25) is 0 Å². The zero-order valence-corrected chi connectivity index (χ0v) is 11.7. The molecule has 0 radical (unpaired) electrons. The number of rotatable bonds is 5. The Balaban J connectivity index is 1.89. The first-order valence-corrected chi connectivity index (χ1v) is 7.31. The van der Waals surface area contributed by atoms with Gasteiger partial charge in [0.25, 0.3) is 0 Å². The van der Waals surface area contributed by atoms with Gasteiger partial charge in [0.15, 0.2) is 0 Å². The quantitative estimate of drug-likeness (QED) is 0.885. The van der Waals surface area contributed by atoms with Gasteiger partial charge >= 0.3 is 0 Å². The van der Waals surface area contributed by atoms with E-state index in [1.807, 2.05) is 19.1 Å². The molecule has 1 N–H and O–H groups in total. The molecule has 0 saturated heterocycles. The van der Waals surface area contributed by atoms with E-state index in [1.165, 1.54) is 18.4 Å². The molecular formula is C16H22O3. The van der Waals surface area contributed by atoms with Crippen LogP contribution >= 0.6 is 0 Å². The molecule has 0 amide bonds. The molecule has 19 heavy (non-hydrogen) atoms. The Morgan fingerprint density at radius 1 is 1.42 bits per heavy atom. The molecule has 0 spiro atoms. The summed E-state index contributed by atoms with van der Waals surface area (Å²) in [7, 11) is 0. The van der Waals surface area contributed by atoms with Crippen LogP contribution in [0.3, 0.4) is 0 Å². The van der Waals surface area contributed by atoms with Crippen LogP contribution in [0.15, 0.2) is 12.1 Å². The van der Waals surface area contributed by atoms with Gasteiger partial charge in [-0.25, -0.2) is 0 Å². The number of hydrogen-bond donors (Lipinski definition) is 1. The minimum absolute atomic E-state index is 0.223. The molecule has 3 nitrogen and oxygen atoms in total. The molecule has 3 rings (SSSR count). The highest BCUT2D eigenvalue weighted by Crippen LogP contribution is 2.42. The Kier molecular flexibility index (Phi) is 3.40. The fourth-order valence-corrected chi connectivity index (χ4v) is 2.79. The lowest BCUT2D eigenvalue weighted by molar-refractivity contribution is 0.154. The van der Waals surface area contributed by atoms with E-state index in [1.54, 1.807) is 0 Å². The maximum absolute atomic E-state index is 10.4. The van der Waals surface area contributed by atoms with Crippen LogP contribution in [0, 0.1) is 5.92 Å². The van der Waals surface area contributed by atoms with Crippen molar-refractivity contribution in [2.45, 2.75) is 51.7 Å². The molecule has 104 valence electrons. The Morgan fingerprint density at radius 3 is 2.89 bits per heavy atom. The van der Waals surface area contributed by atoms with E-state index >= 15 is 0 Å². The first-order valence-electron chi connectivity index (χ1n) is 7.31. The van der Waals surface area contributed by atoms with Crippen LogP contribution in [-0.2, 0) is 6.42 Å². The van der Waals surface area contributed by atoms with Crippen LogP contribution in [-0.4, -0.2) is 17.8 Å². The summed E-state index contributed by atoms with van der Waals surface area (Å²) >= 11 is 0. The lowest BCUT2D eigenvalue weighted by Crippen LogP contribution is -2.05. The molecule has 0 bridgehead atoms. The lowest BCUT2D eigenvalue weighted by atomic mass is 9.99. The summed E-state index contributed by atoms with van der Waals surface area (Å²) in [4.78, 5) is 0. The number of ether oxygens (including phenoxy) is 2. The number of aliphatic hydroxyl groups is 1. The van der Waals surface area contributed by atoms with Gasteiger partial charge in [-0.15, -0.1) is 0 Å². The van der Waals surface area contributed by atoms with E-state index in [0.29, 0.717) is 12.5 Å². The monoisotopic (exact) mass is 262 g/mol. The van der Waals surface area contributed by atoms with E-state index in [-0.39, 0.29) is 6.10 Å². The van der Waals surface area contributed by atoms with E-state index < -0.39 is 6.10 Å². The van der Waals surface area contributed by atoms with Crippen LogP contribution in [0.25, 0.3) is 0 Å². The van der Waals surface area contributed by atoms with Crippen molar-refractivity contribution in [3.63, 3.8) is 0 Å². The Bertz CT molecular complexity index is 465. The third kappa shape index (κ3) is 2.71. The van der Waals surface area contributed by atoms with Crippen LogP contribution < -0.4 is 9.47 Å². The SMILES string of the molecule is CCOc1cc2c(cc1C(O)CC1CC1)OC(C)C2. The zero-order chi connectivity index (χ0) is 13.4. The average molecular weight is 262 g/mol. The van der Waals surface area contributed by atoms with Crippen LogP contribution in [0.2, 0.25) is 0 Å². The lowest BCUT2D eigenvalue weighted by Gasteiger charge is -2.17. The van der Waals surface area contributed by atoms with E-state index in [2.05, 4.69) is 6.92 Å². The number of hydrogen-bond acceptors (Lipinski definition) is 3. The van der Waals surface area contributed by atoms with Crippen molar-refractivity contribution in [3.8, 4) is 11.5 Å². The molecule has 1 aliphatic carbocycles. The molecule has 2 aliphatic rings. The fourth-order valence-electron chi connectivity index (χ4n) is 2.79. The third-order valence-electron chi connectivity index (χ3n) is 3.94. The van der Waals surface area contributed by atoms with Gasteiger partial charge in [0.1, 0.15) is 17.6 Å². The molecule has 3 heteroatoms. The minimum Gasteiger partial charge on any atom is -0.493 e. The zero-order valence-electron chi connectivity index (χ0n) is 11.7. The average Bonchev–Trinajstić information content (AvgIpc) is 3.09. The highest BCUT2D eigenvalue weighted by Gasteiger charge is 2.29. The molecule has 1 fully saturated rings. The summed E-state index contributed by atoms with van der Waals surface area (Å²) in [6, 6.07) is 4.03. The van der Waals surface area contributed by atoms with Gasteiger partial charge in [-0.1, -0.05) is 12.8 Å². The molecule has 1 heterocycles. The van der Waals surface area contributed by atoms with Gasteiger partial charge in [-0.05, 0) is 38.3 Å². The molecule has 1 aromatic carbocycles. The fraction of sp³-hybridized carbons (Fsp3) is 0.625. The van der Waals surface area contributed by atoms with E-state index in [9.17, 15) is 5.11 Å². The van der Waals surface area contributed by atoms with Crippen molar-refractivity contribution in [1.82, 2.24) is 0 Å². The standard InChI is InChI=1S/C16H22O3/c1-3-18-16-8-12-6-10(2)19-15(12)9-13(16)14(17)7-11-4-5-11/h8-11,14,17H,3-7H2,1-2H3. The second-order valence-corrected chi connectivity index (χ2v) is 5.76. The van der Waals surface area contributed by atoms with Gasteiger partial charge in [0, 0.05) is 17.5 Å². The van der Waals surface area contributed by atoms with Crippen molar-refractivity contribution in [1.29, 1.82) is 0 Å². The smallest absolute Gasteiger partial charge is 0.125 e. The first kappa shape index (κ1) is 12.8. The highest BCUT2D eigenvalue weighted by molar-refractivity contribution is 5.49. The Hall–Kier alpha value is -1.22. The van der Waals surface area contributed by atoms with Crippen molar-refractivity contribution in [2.75, 3.05) is 6.61 Å². The van der Waals surface area contributed by atoms with Crippen LogP contribution in [0.5, 0.6) is 11.5 Å². The summed E-state index contributed by atoms with van der Waals surface area (Å²) in [5.74, 6) is 2.44. The molecular weight excluding hydrogens is 240 g/mol. The summed E-state index contributed by atoms with van der Waals surface area (Å²) in [5.41, 5.74) is 2.08. The first-order chi connectivity index (χ1) is 9.17. The second-order valence-electron chi connectivity index (χ2n) is 5.76. The Morgan fingerprint density at radius 2 is 2.21 bits per heavy atom. The van der Waals surface area contributed by atoms with Crippen molar-refractivity contribution >= 4 is 0 Å². The highest BCUT2D eigenvalue weighted by atomic mass is 16.5. The van der Waals surface area contributed by atoms with Crippen LogP contribution in [0.4, 0.5) is 0 Å². The number of benzene rings is 1. The van der Waals surface area contributed by atoms with Crippen LogP contribution in [0.1, 0.15) is 50.3 Å². The van der Waals surface area contributed by atoms with Crippen molar-refractivity contribution in [3.05, 3.63) is 23.3 Å². The maximum atomic E-state index is 10.4. The molecule has 0 aromatic heterocycles. The number of fused-ring (bicyclic) bond motifs is 1. The summed E-state index contributed by atoms with van der Waals surface area (Å²) < 4.78 is 11.5. The largest absolute Gasteiger partial charge is 0.493 e. The van der Waals surface area contributed by atoms with Gasteiger partial charge in [0.05, 0.1) is 12.7 Å². The second kappa shape index (κ2) is 5.04. The summed E-state index contributed by atoms with van der Waals surface area (Å²) in [6.45, 7) is 4.67. The molecule has 2 unspecified atom stereocenters. The molecule has 2 atom stereocenters. The maximum Gasteiger partial charge on any atom is 0.125 e. The summed E-state index contributed by atoms with van der Waals surface area (Å²) in [6.07, 6.45) is 4.06. The topological polar surface area (TPSA) is 38.7 Å². The summed E-state index contributed by atoms with van der Waals surface area (Å²) in [5, 5.41) is 10.4. The van der Waals surface area contributed by atoms with Crippen molar-refractivity contribution in [2.24, 2.45) is 5.92 Å². The van der Waals surface area contributed by atoms with Gasteiger partial charge in [-0.2, -0.15) is 0 Å². The predicted molar refractivity (Wildman–Crippen MR) is 73.7 cm³/mol. The predicted octanol–water partition coefficient (Wildman–Crippen LogP) is 3.24. The minimum atomic E-state index is -0.432. The van der Waals surface area contributed by atoms with E-state index in [0.717, 1.165) is 29.9 Å². The van der Waals surface area contributed by atoms with Crippen molar-refractivity contribution < 1.29 is 14.6 Å². The molecule has 1 saturated carbocycles. The van der Waals surface area contributed by atoms with E-state index in [4.69, 9.17) is 9.47 Å². The molecule has 1 aromatic rings. The van der Waals surface area contributed by atoms with Gasteiger partial charge in [0.2, 0.25) is 0 Å². The Labute approximate surface area is 114 Å². The normalized spacial score (nSPS) is 22.8.